The molecule has 0 saturated carbocycles. The second-order valence-electron chi connectivity index (χ2n) is 5.50. The van der Waals surface area contributed by atoms with E-state index in [0.717, 1.165) is 17.6 Å². The molecule has 0 fully saturated rings. The molecular weight excluding hydrogens is 242 g/mol. The zero-order valence-corrected chi connectivity index (χ0v) is 12.1. The summed E-state index contributed by atoms with van der Waals surface area (Å²) in [4.78, 5) is 10.8. The molecule has 0 atom stereocenters. The predicted octanol–water partition coefficient (Wildman–Crippen LogP) is 0.698. The Bertz CT molecular complexity index is 585. The highest BCUT2D eigenvalue weighted by molar-refractivity contribution is 5.86. The van der Waals surface area contributed by atoms with Gasteiger partial charge in [0.2, 0.25) is 5.95 Å². The van der Waals surface area contributed by atoms with Crippen molar-refractivity contribution in [1.29, 1.82) is 0 Å². The van der Waals surface area contributed by atoms with E-state index in [1.807, 2.05) is 21.1 Å². The standard InChI is InChI=1S/C12H21N7/c1-12(2,18(3)4)7-14-11-16-9(13)8-6-15-19(5)10(8)17-11/h6H,7H2,1-5H3,(H3,13,14,16,17). The van der Waals surface area contributed by atoms with Gasteiger partial charge < -0.3 is 16.0 Å². The SMILES string of the molecule is CN(C)C(C)(C)CNc1nc(N)c2cnn(C)c2n1. The summed E-state index contributed by atoms with van der Waals surface area (Å²) in [5.74, 6) is 0.979. The lowest BCUT2D eigenvalue weighted by molar-refractivity contribution is 0.210. The van der Waals surface area contributed by atoms with Crippen LogP contribution < -0.4 is 11.1 Å². The molecular formula is C12H21N7. The minimum atomic E-state index is -0.000459. The third-order valence-electron chi connectivity index (χ3n) is 3.51. The van der Waals surface area contributed by atoms with Crippen LogP contribution in [-0.2, 0) is 7.05 Å². The number of nitrogens with zero attached hydrogens (tertiary/aromatic N) is 5. The molecule has 0 aromatic carbocycles. The van der Waals surface area contributed by atoms with Gasteiger partial charge in [-0.3, -0.25) is 4.68 Å². The van der Waals surface area contributed by atoms with Crippen molar-refractivity contribution < 1.29 is 0 Å². The van der Waals surface area contributed by atoms with Gasteiger partial charge in [-0.1, -0.05) is 0 Å². The maximum atomic E-state index is 5.91. The molecule has 0 spiro atoms. The maximum Gasteiger partial charge on any atom is 0.226 e. The summed E-state index contributed by atoms with van der Waals surface area (Å²) in [5, 5.41) is 8.14. The molecule has 0 saturated heterocycles. The number of fused-ring (bicyclic) bond motifs is 1. The Morgan fingerprint density at radius 1 is 1.37 bits per heavy atom. The van der Waals surface area contributed by atoms with Crippen LogP contribution in [-0.4, -0.2) is 50.8 Å². The molecule has 0 amide bonds. The lowest BCUT2D eigenvalue weighted by atomic mass is 10.1. The van der Waals surface area contributed by atoms with E-state index in [1.54, 1.807) is 10.9 Å². The number of nitrogen functional groups attached to an aromatic ring is 1. The molecule has 2 aromatic heterocycles. The summed E-state index contributed by atoms with van der Waals surface area (Å²) in [5.41, 5.74) is 6.65. The summed E-state index contributed by atoms with van der Waals surface area (Å²) in [6, 6.07) is 0. The first-order chi connectivity index (χ1) is 8.81. The van der Waals surface area contributed by atoms with E-state index >= 15 is 0 Å². The highest BCUT2D eigenvalue weighted by Gasteiger charge is 2.20. The van der Waals surface area contributed by atoms with Gasteiger partial charge in [0.1, 0.15) is 5.82 Å². The molecule has 0 unspecified atom stereocenters. The smallest absolute Gasteiger partial charge is 0.226 e. The van der Waals surface area contributed by atoms with Crippen LogP contribution in [0.25, 0.3) is 11.0 Å². The van der Waals surface area contributed by atoms with Crippen LogP contribution in [0, 0.1) is 0 Å². The van der Waals surface area contributed by atoms with Crippen LogP contribution in [0.15, 0.2) is 6.20 Å². The van der Waals surface area contributed by atoms with E-state index < -0.39 is 0 Å². The Kier molecular flexibility index (Phi) is 3.32. The van der Waals surface area contributed by atoms with E-state index in [1.165, 1.54) is 0 Å². The highest BCUT2D eigenvalue weighted by atomic mass is 15.3. The number of anilines is 2. The van der Waals surface area contributed by atoms with E-state index in [9.17, 15) is 0 Å². The second-order valence-corrected chi connectivity index (χ2v) is 5.50. The van der Waals surface area contributed by atoms with E-state index in [2.05, 4.69) is 39.1 Å². The fourth-order valence-electron chi connectivity index (χ4n) is 1.58. The van der Waals surface area contributed by atoms with Gasteiger partial charge in [-0.25, -0.2) is 0 Å². The second kappa shape index (κ2) is 4.65. The predicted molar refractivity (Wildman–Crippen MR) is 77.0 cm³/mol. The minimum Gasteiger partial charge on any atom is -0.383 e. The van der Waals surface area contributed by atoms with E-state index in [4.69, 9.17) is 5.73 Å². The molecule has 2 rings (SSSR count). The molecule has 0 aliphatic rings. The molecule has 0 aliphatic carbocycles. The van der Waals surface area contributed by atoms with Crippen molar-refractivity contribution in [3.05, 3.63) is 6.20 Å². The number of nitrogens with one attached hydrogen (secondary N) is 1. The maximum absolute atomic E-state index is 5.91. The van der Waals surface area contributed by atoms with Crippen molar-refractivity contribution in [3.63, 3.8) is 0 Å². The van der Waals surface area contributed by atoms with Gasteiger partial charge in [-0.2, -0.15) is 15.1 Å². The van der Waals surface area contributed by atoms with Gasteiger partial charge in [0, 0.05) is 19.1 Å². The molecule has 104 valence electrons. The summed E-state index contributed by atoms with van der Waals surface area (Å²) in [7, 11) is 5.92. The van der Waals surface area contributed by atoms with Crippen molar-refractivity contribution in [3.8, 4) is 0 Å². The van der Waals surface area contributed by atoms with Crippen molar-refractivity contribution >= 4 is 22.8 Å². The van der Waals surface area contributed by atoms with Gasteiger partial charge >= 0.3 is 0 Å². The quantitative estimate of drug-likeness (QED) is 0.844. The number of likely N-dealkylation sites (N-methyl/N-ethyl adjacent to an activating group) is 1. The third-order valence-corrected chi connectivity index (χ3v) is 3.51. The van der Waals surface area contributed by atoms with E-state index in [0.29, 0.717) is 11.8 Å². The largest absolute Gasteiger partial charge is 0.383 e. The first kappa shape index (κ1) is 13.5. The average molecular weight is 263 g/mol. The van der Waals surface area contributed by atoms with Crippen LogP contribution in [0.3, 0.4) is 0 Å². The lowest BCUT2D eigenvalue weighted by Crippen LogP contribution is -2.44. The Hall–Kier alpha value is -1.89. The Balaban J connectivity index is 2.24. The third kappa shape index (κ3) is 2.60. The number of aryl methyl sites for hydroxylation is 1. The molecule has 0 aliphatic heterocycles. The number of aromatic nitrogens is 4. The molecule has 3 N–H and O–H groups in total. The summed E-state index contributed by atoms with van der Waals surface area (Å²) < 4.78 is 1.69. The number of hydrogen-bond donors (Lipinski definition) is 2. The van der Waals surface area contributed by atoms with Gasteiger partial charge in [-0.05, 0) is 27.9 Å². The van der Waals surface area contributed by atoms with Gasteiger partial charge in [0.15, 0.2) is 5.65 Å². The van der Waals surface area contributed by atoms with Crippen molar-refractivity contribution in [2.75, 3.05) is 31.7 Å². The Morgan fingerprint density at radius 3 is 2.68 bits per heavy atom. The van der Waals surface area contributed by atoms with Crippen LogP contribution in [0.5, 0.6) is 0 Å². The fourth-order valence-corrected chi connectivity index (χ4v) is 1.58. The van der Waals surface area contributed by atoms with Crippen molar-refractivity contribution in [2.45, 2.75) is 19.4 Å². The number of nitrogens with two attached hydrogens (primary N) is 1. The Morgan fingerprint density at radius 2 is 2.05 bits per heavy atom. The lowest BCUT2D eigenvalue weighted by Gasteiger charge is -2.32. The van der Waals surface area contributed by atoms with Gasteiger partial charge in [0.05, 0.1) is 11.6 Å². The molecule has 2 heterocycles. The number of hydrogen-bond acceptors (Lipinski definition) is 6. The van der Waals surface area contributed by atoms with Crippen molar-refractivity contribution in [1.82, 2.24) is 24.6 Å². The topological polar surface area (TPSA) is 84.9 Å². The minimum absolute atomic E-state index is 0.000459. The molecule has 7 heteroatoms. The molecule has 0 radical (unpaired) electrons. The van der Waals surface area contributed by atoms with E-state index in [-0.39, 0.29) is 5.54 Å². The molecule has 19 heavy (non-hydrogen) atoms. The normalized spacial score (nSPS) is 12.3. The molecule has 7 nitrogen and oxygen atoms in total. The monoisotopic (exact) mass is 263 g/mol. The van der Waals surface area contributed by atoms with Crippen LogP contribution in [0.4, 0.5) is 11.8 Å². The summed E-state index contributed by atoms with van der Waals surface area (Å²) in [6.45, 7) is 5.01. The zero-order chi connectivity index (χ0) is 14.2. The van der Waals surface area contributed by atoms with Crippen LogP contribution in [0.1, 0.15) is 13.8 Å². The Labute approximate surface area is 112 Å². The van der Waals surface area contributed by atoms with Crippen molar-refractivity contribution in [2.24, 2.45) is 7.05 Å². The summed E-state index contributed by atoms with van der Waals surface area (Å²) >= 11 is 0. The molecule has 2 aromatic rings. The number of rotatable bonds is 4. The summed E-state index contributed by atoms with van der Waals surface area (Å²) in [6.07, 6.45) is 1.68. The van der Waals surface area contributed by atoms with Gasteiger partial charge in [-0.15, -0.1) is 0 Å². The van der Waals surface area contributed by atoms with Gasteiger partial charge in [0.25, 0.3) is 0 Å². The van der Waals surface area contributed by atoms with Crippen LogP contribution >= 0.6 is 0 Å². The highest BCUT2D eigenvalue weighted by Crippen LogP contribution is 2.19. The molecule has 0 bridgehead atoms. The fraction of sp³-hybridized carbons (Fsp3) is 0.583. The zero-order valence-electron chi connectivity index (χ0n) is 12.1. The first-order valence-corrected chi connectivity index (χ1v) is 6.18. The first-order valence-electron chi connectivity index (χ1n) is 6.18. The average Bonchev–Trinajstić information content (AvgIpc) is 2.69. The van der Waals surface area contributed by atoms with Crippen LogP contribution in [0.2, 0.25) is 0 Å².